The molecule has 0 saturated carbocycles. The van der Waals surface area contributed by atoms with E-state index in [2.05, 4.69) is 11.9 Å². The second-order valence-corrected chi connectivity index (χ2v) is 4.71. The number of rotatable bonds is 2. The lowest BCUT2D eigenvalue weighted by molar-refractivity contribution is -0.145. The molecule has 2 saturated heterocycles. The molecular formula is C11H20ClNO3. The molecule has 0 spiro atoms. The predicted molar refractivity (Wildman–Crippen MR) is 63.0 cm³/mol. The average molecular weight is 250 g/mol. The minimum Gasteiger partial charge on any atom is -0.481 e. The van der Waals surface area contributed by atoms with Crippen LogP contribution < -0.4 is 0 Å². The standard InChI is InChI=1S/C11H19NO3.ClH/c1-12-5-2-8(3-6-12)10-9(11(13)14)4-7-15-10;/h8-10H,2-7H2,1H3,(H,13,14);1H/t9-,10+;/m0./s1. The molecular weight excluding hydrogens is 230 g/mol. The zero-order valence-electron chi connectivity index (χ0n) is 9.59. The highest BCUT2D eigenvalue weighted by Crippen LogP contribution is 2.32. The molecule has 0 aromatic heterocycles. The average Bonchev–Trinajstić information content (AvgIpc) is 2.67. The van der Waals surface area contributed by atoms with Crippen LogP contribution in [-0.2, 0) is 9.53 Å². The Morgan fingerprint density at radius 3 is 2.50 bits per heavy atom. The van der Waals surface area contributed by atoms with Crippen LogP contribution in [0, 0.1) is 11.8 Å². The number of ether oxygens (including phenoxy) is 1. The monoisotopic (exact) mass is 249 g/mol. The summed E-state index contributed by atoms with van der Waals surface area (Å²) in [6, 6.07) is 0. The summed E-state index contributed by atoms with van der Waals surface area (Å²) in [5.74, 6) is -0.500. The van der Waals surface area contributed by atoms with Crippen LogP contribution >= 0.6 is 12.4 Å². The smallest absolute Gasteiger partial charge is 0.309 e. The first kappa shape index (κ1) is 13.7. The van der Waals surface area contributed by atoms with E-state index < -0.39 is 5.97 Å². The Morgan fingerprint density at radius 2 is 1.94 bits per heavy atom. The number of aliphatic carboxylic acids is 1. The molecule has 2 atom stereocenters. The maximum atomic E-state index is 11.0. The van der Waals surface area contributed by atoms with Gasteiger partial charge in [-0.25, -0.2) is 0 Å². The van der Waals surface area contributed by atoms with Crippen LogP contribution in [0.15, 0.2) is 0 Å². The molecule has 0 unspecified atom stereocenters. The summed E-state index contributed by atoms with van der Waals surface area (Å²) in [5.41, 5.74) is 0. The second kappa shape index (κ2) is 5.84. The molecule has 2 aliphatic rings. The summed E-state index contributed by atoms with van der Waals surface area (Å²) < 4.78 is 5.60. The molecule has 0 amide bonds. The van der Waals surface area contributed by atoms with Crippen LogP contribution in [0.1, 0.15) is 19.3 Å². The molecule has 2 heterocycles. The van der Waals surface area contributed by atoms with E-state index in [0.717, 1.165) is 25.9 Å². The number of halogens is 1. The van der Waals surface area contributed by atoms with Gasteiger partial charge in [-0.05, 0) is 45.3 Å². The molecule has 2 fully saturated rings. The van der Waals surface area contributed by atoms with E-state index in [9.17, 15) is 4.79 Å². The molecule has 0 aromatic rings. The van der Waals surface area contributed by atoms with Crippen molar-refractivity contribution in [3.05, 3.63) is 0 Å². The zero-order chi connectivity index (χ0) is 10.8. The number of piperidine rings is 1. The zero-order valence-corrected chi connectivity index (χ0v) is 10.4. The number of carbonyl (C=O) groups is 1. The Bertz CT molecular complexity index is 241. The quantitative estimate of drug-likeness (QED) is 0.800. The van der Waals surface area contributed by atoms with E-state index in [0.29, 0.717) is 18.9 Å². The van der Waals surface area contributed by atoms with E-state index in [-0.39, 0.29) is 24.4 Å². The minimum atomic E-state index is -0.684. The van der Waals surface area contributed by atoms with Gasteiger partial charge in [0.25, 0.3) is 0 Å². The SMILES string of the molecule is CN1CCC([C@H]2OCC[C@@H]2C(=O)O)CC1.Cl. The van der Waals surface area contributed by atoms with Gasteiger partial charge in [0.15, 0.2) is 0 Å². The summed E-state index contributed by atoms with van der Waals surface area (Å²) in [6.07, 6.45) is 2.80. The fourth-order valence-electron chi connectivity index (χ4n) is 2.70. The third-order valence-electron chi connectivity index (χ3n) is 3.68. The maximum Gasteiger partial charge on any atom is 0.309 e. The van der Waals surface area contributed by atoms with Crippen LogP contribution in [0.5, 0.6) is 0 Å². The molecule has 5 heteroatoms. The lowest BCUT2D eigenvalue weighted by Gasteiger charge is -2.33. The Hall–Kier alpha value is -0.320. The van der Waals surface area contributed by atoms with Crippen molar-refractivity contribution in [1.29, 1.82) is 0 Å². The molecule has 2 aliphatic heterocycles. The van der Waals surface area contributed by atoms with Gasteiger partial charge in [0.05, 0.1) is 12.0 Å². The molecule has 16 heavy (non-hydrogen) atoms. The van der Waals surface area contributed by atoms with Crippen molar-refractivity contribution in [1.82, 2.24) is 4.90 Å². The van der Waals surface area contributed by atoms with Gasteiger partial charge in [-0.3, -0.25) is 4.79 Å². The minimum absolute atomic E-state index is 0. The largest absolute Gasteiger partial charge is 0.481 e. The van der Waals surface area contributed by atoms with Gasteiger partial charge >= 0.3 is 5.97 Å². The highest BCUT2D eigenvalue weighted by atomic mass is 35.5. The Labute approximate surface area is 102 Å². The third kappa shape index (κ3) is 2.87. The van der Waals surface area contributed by atoms with Crippen molar-refractivity contribution in [3.63, 3.8) is 0 Å². The number of hydrogen-bond acceptors (Lipinski definition) is 3. The number of carboxylic acid groups (broad SMARTS) is 1. The van der Waals surface area contributed by atoms with E-state index >= 15 is 0 Å². The van der Waals surface area contributed by atoms with Crippen molar-refractivity contribution >= 4 is 18.4 Å². The molecule has 0 bridgehead atoms. The Balaban J connectivity index is 0.00000128. The fourth-order valence-corrected chi connectivity index (χ4v) is 2.70. The van der Waals surface area contributed by atoms with Crippen LogP contribution in [0.25, 0.3) is 0 Å². The number of nitrogens with zero attached hydrogens (tertiary/aromatic N) is 1. The molecule has 94 valence electrons. The second-order valence-electron chi connectivity index (χ2n) is 4.71. The van der Waals surface area contributed by atoms with Gasteiger partial charge < -0.3 is 14.7 Å². The number of likely N-dealkylation sites (tertiary alicyclic amines) is 1. The Kier molecular flexibility index (Phi) is 5.02. The predicted octanol–water partition coefficient (Wildman–Crippen LogP) is 1.24. The van der Waals surface area contributed by atoms with Crippen LogP contribution in [0.4, 0.5) is 0 Å². The summed E-state index contributed by atoms with van der Waals surface area (Å²) in [4.78, 5) is 13.3. The van der Waals surface area contributed by atoms with Crippen molar-refractivity contribution < 1.29 is 14.6 Å². The highest BCUT2D eigenvalue weighted by molar-refractivity contribution is 5.85. The lowest BCUT2D eigenvalue weighted by Crippen LogP contribution is -2.39. The molecule has 0 aliphatic carbocycles. The van der Waals surface area contributed by atoms with E-state index in [1.807, 2.05) is 0 Å². The first-order chi connectivity index (χ1) is 7.18. The van der Waals surface area contributed by atoms with E-state index in [1.165, 1.54) is 0 Å². The summed E-state index contributed by atoms with van der Waals surface area (Å²) in [5, 5.41) is 9.08. The van der Waals surface area contributed by atoms with Gasteiger partial charge in [-0.15, -0.1) is 12.4 Å². The van der Waals surface area contributed by atoms with Crippen molar-refractivity contribution in [2.75, 3.05) is 26.7 Å². The highest BCUT2D eigenvalue weighted by Gasteiger charge is 2.39. The van der Waals surface area contributed by atoms with Crippen molar-refractivity contribution in [2.24, 2.45) is 11.8 Å². The normalized spacial score (nSPS) is 32.3. The van der Waals surface area contributed by atoms with Crippen LogP contribution in [0.3, 0.4) is 0 Å². The van der Waals surface area contributed by atoms with Crippen LogP contribution in [0.2, 0.25) is 0 Å². The van der Waals surface area contributed by atoms with Gasteiger partial charge in [0.2, 0.25) is 0 Å². The number of carboxylic acids is 1. The molecule has 0 radical (unpaired) electrons. The van der Waals surface area contributed by atoms with Gasteiger partial charge in [0, 0.05) is 6.61 Å². The molecule has 0 aromatic carbocycles. The lowest BCUT2D eigenvalue weighted by atomic mass is 9.84. The molecule has 2 rings (SSSR count). The third-order valence-corrected chi connectivity index (χ3v) is 3.68. The summed E-state index contributed by atoms with van der Waals surface area (Å²) in [7, 11) is 2.11. The van der Waals surface area contributed by atoms with Crippen molar-refractivity contribution in [3.8, 4) is 0 Å². The van der Waals surface area contributed by atoms with E-state index in [1.54, 1.807) is 0 Å². The van der Waals surface area contributed by atoms with Crippen LogP contribution in [-0.4, -0.2) is 48.8 Å². The first-order valence-electron chi connectivity index (χ1n) is 5.71. The summed E-state index contributed by atoms with van der Waals surface area (Å²) in [6.45, 7) is 2.75. The van der Waals surface area contributed by atoms with E-state index in [4.69, 9.17) is 9.84 Å². The van der Waals surface area contributed by atoms with Gasteiger partial charge in [-0.1, -0.05) is 0 Å². The van der Waals surface area contributed by atoms with Gasteiger partial charge in [0.1, 0.15) is 0 Å². The summed E-state index contributed by atoms with van der Waals surface area (Å²) >= 11 is 0. The molecule has 4 nitrogen and oxygen atoms in total. The van der Waals surface area contributed by atoms with Crippen molar-refractivity contribution in [2.45, 2.75) is 25.4 Å². The van der Waals surface area contributed by atoms with Gasteiger partial charge in [-0.2, -0.15) is 0 Å². The topological polar surface area (TPSA) is 49.8 Å². The maximum absolute atomic E-state index is 11.0. The first-order valence-corrected chi connectivity index (χ1v) is 5.71. The number of hydrogen-bond donors (Lipinski definition) is 1. The Morgan fingerprint density at radius 1 is 1.31 bits per heavy atom. The fraction of sp³-hybridized carbons (Fsp3) is 0.909. The molecule has 1 N–H and O–H groups in total.